The second-order valence-corrected chi connectivity index (χ2v) is 8.17. The lowest BCUT2D eigenvalue weighted by Crippen LogP contribution is -2.47. The first kappa shape index (κ1) is 21.3. The Labute approximate surface area is 159 Å². The van der Waals surface area contributed by atoms with Crippen molar-refractivity contribution >= 4 is 23.8 Å². The smallest absolute Gasteiger partial charge is 0.444 e. The number of hydrogen-bond donors (Lipinski definition) is 1. The van der Waals surface area contributed by atoms with Crippen LogP contribution in [-0.2, 0) is 4.74 Å². The summed E-state index contributed by atoms with van der Waals surface area (Å²) < 4.78 is 43.2. The van der Waals surface area contributed by atoms with Crippen molar-refractivity contribution in [3.63, 3.8) is 0 Å². The molecule has 1 aliphatic rings. The molecule has 0 spiro atoms. The van der Waals surface area contributed by atoms with Gasteiger partial charge in [0.05, 0.1) is 5.56 Å². The summed E-state index contributed by atoms with van der Waals surface area (Å²) in [6.07, 6.45) is 1.79. The maximum Gasteiger partial charge on any atom is 0.447 e. The Morgan fingerprint density at radius 2 is 1.89 bits per heavy atom. The lowest BCUT2D eigenvalue weighted by Gasteiger charge is -2.33. The third-order valence-electron chi connectivity index (χ3n) is 3.71. The molecule has 2 heterocycles. The molecule has 0 saturated carbocycles. The van der Waals surface area contributed by atoms with Crippen LogP contribution in [-0.4, -0.2) is 52.1 Å². The molecule has 0 aliphatic carbocycles. The summed E-state index contributed by atoms with van der Waals surface area (Å²) in [5.41, 5.74) is -5.23. The number of thioether (sulfide) groups is 1. The number of pyridine rings is 1. The summed E-state index contributed by atoms with van der Waals surface area (Å²) in [6, 6.07) is 2.49. The van der Waals surface area contributed by atoms with Gasteiger partial charge in [-0.05, 0) is 45.7 Å². The molecule has 1 aromatic heterocycles. The normalized spacial score (nSPS) is 16.1. The van der Waals surface area contributed by atoms with Crippen LogP contribution in [0.15, 0.2) is 23.4 Å². The van der Waals surface area contributed by atoms with Gasteiger partial charge in [-0.2, -0.15) is 13.2 Å². The van der Waals surface area contributed by atoms with Crippen molar-refractivity contribution in [3.05, 3.63) is 23.9 Å². The highest BCUT2D eigenvalue weighted by Gasteiger charge is 2.33. The molecule has 2 rings (SSSR count). The number of nitrogens with zero attached hydrogens (tertiary/aromatic N) is 2. The highest BCUT2D eigenvalue weighted by Crippen LogP contribution is 2.37. The van der Waals surface area contributed by atoms with E-state index in [1.807, 2.05) is 0 Å². The van der Waals surface area contributed by atoms with Crippen LogP contribution >= 0.6 is 11.8 Å². The van der Waals surface area contributed by atoms with Gasteiger partial charge in [0.2, 0.25) is 0 Å². The Morgan fingerprint density at radius 1 is 1.26 bits per heavy atom. The van der Waals surface area contributed by atoms with Crippen molar-refractivity contribution in [3.8, 4) is 0 Å². The topological polar surface area (TPSA) is 71.5 Å². The molecule has 0 aromatic carbocycles. The van der Waals surface area contributed by atoms with Crippen LogP contribution < -0.4 is 5.32 Å². The Bertz CT molecular complexity index is 684. The molecule has 0 radical (unpaired) electrons. The standard InChI is InChI=1S/C17H22F3N3O3S/c1-16(2,3)26-15(25)23-9-6-11(7-10-23)22-13(24)12-5-4-8-21-14(12)27-17(18,19)20/h4-5,8,11H,6-7,9-10H2,1-3H3,(H,22,24). The maximum atomic E-state index is 12.6. The van der Waals surface area contributed by atoms with Crippen LogP contribution in [0, 0.1) is 0 Å². The van der Waals surface area contributed by atoms with E-state index in [4.69, 9.17) is 4.74 Å². The van der Waals surface area contributed by atoms with Crippen LogP contribution in [0.1, 0.15) is 44.0 Å². The lowest BCUT2D eigenvalue weighted by atomic mass is 10.0. The first-order valence-electron chi connectivity index (χ1n) is 8.44. The summed E-state index contributed by atoms with van der Waals surface area (Å²) in [4.78, 5) is 29.6. The van der Waals surface area contributed by atoms with Gasteiger partial charge >= 0.3 is 11.6 Å². The zero-order valence-corrected chi connectivity index (χ0v) is 16.1. The summed E-state index contributed by atoms with van der Waals surface area (Å²) in [7, 11) is 0. The minimum absolute atomic E-state index is 0.116. The Hall–Kier alpha value is -1.97. The minimum Gasteiger partial charge on any atom is -0.444 e. The van der Waals surface area contributed by atoms with Crippen molar-refractivity contribution in [2.45, 2.75) is 55.8 Å². The van der Waals surface area contributed by atoms with E-state index in [2.05, 4.69) is 10.3 Å². The van der Waals surface area contributed by atoms with Gasteiger partial charge in [0.15, 0.2) is 0 Å². The van der Waals surface area contributed by atoms with E-state index in [0.717, 1.165) is 0 Å². The molecule has 10 heteroatoms. The number of likely N-dealkylation sites (tertiary alicyclic amines) is 1. The van der Waals surface area contributed by atoms with Gasteiger partial charge in [0, 0.05) is 37.1 Å². The highest BCUT2D eigenvalue weighted by atomic mass is 32.2. The first-order chi connectivity index (χ1) is 12.4. The number of rotatable bonds is 3. The second-order valence-electron chi connectivity index (χ2n) is 7.12. The third-order valence-corrected chi connectivity index (χ3v) is 4.46. The molecule has 1 fully saturated rings. The largest absolute Gasteiger partial charge is 0.447 e. The quantitative estimate of drug-likeness (QED) is 0.774. The number of amides is 2. The second kappa shape index (κ2) is 8.37. The number of piperidine rings is 1. The van der Waals surface area contributed by atoms with Gasteiger partial charge in [-0.25, -0.2) is 9.78 Å². The van der Waals surface area contributed by atoms with E-state index < -0.39 is 34.9 Å². The average molecular weight is 405 g/mol. The zero-order valence-electron chi connectivity index (χ0n) is 15.3. The van der Waals surface area contributed by atoms with E-state index in [9.17, 15) is 22.8 Å². The molecule has 1 aliphatic heterocycles. The Kier molecular flexibility index (Phi) is 6.61. The first-order valence-corrected chi connectivity index (χ1v) is 9.26. The van der Waals surface area contributed by atoms with E-state index in [0.29, 0.717) is 25.9 Å². The minimum atomic E-state index is -4.53. The van der Waals surface area contributed by atoms with Crippen molar-refractivity contribution in [1.82, 2.24) is 15.2 Å². The number of halogens is 3. The van der Waals surface area contributed by atoms with Crippen LogP contribution in [0.5, 0.6) is 0 Å². The number of nitrogens with one attached hydrogen (secondary N) is 1. The van der Waals surface area contributed by atoms with Crippen LogP contribution in [0.3, 0.4) is 0 Å². The van der Waals surface area contributed by atoms with Gasteiger partial charge in [-0.1, -0.05) is 0 Å². The number of ether oxygens (including phenoxy) is 1. The van der Waals surface area contributed by atoms with Crippen LogP contribution in [0.25, 0.3) is 0 Å². The molecule has 1 N–H and O–H groups in total. The van der Waals surface area contributed by atoms with Crippen LogP contribution in [0.2, 0.25) is 0 Å². The van der Waals surface area contributed by atoms with Crippen molar-refractivity contribution < 1.29 is 27.5 Å². The van der Waals surface area contributed by atoms with Gasteiger partial charge in [-0.15, -0.1) is 0 Å². The van der Waals surface area contributed by atoms with Gasteiger partial charge in [0.1, 0.15) is 10.6 Å². The van der Waals surface area contributed by atoms with Crippen molar-refractivity contribution in [1.29, 1.82) is 0 Å². The Balaban J connectivity index is 1.93. The molecule has 1 saturated heterocycles. The number of aromatic nitrogens is 1. The Morgan fingerprint density at radius 3 is 2.44 bits per heavy atom. The number of carbonyl (C=O) groups is 2. The molecule has 6 nitrogen and oxygen atoms in total. The third kappa shape index (κ3) is 6.93. The van der Waals surface area contributed by atoms with Crippen LogP contribution in [0.4, 0.5) is 18.0 Å². The maximum absolute atomic E-state index is 12.6. The molecular weight excluding hydrogens is 383 g/mol. The highest BCUT2D eigenvalue weighted by molar-refractivity contribution is 8.00. The van der Waals surface area contributed by atoms with E-state index in [-0.39, 0.29) is 16.6 Å². The molecule has 0 bridgehead atoms. The summed E-state index contributed by atoms with van der Waals surface area (Å²) in [6.45, 7) is 6.14. The molecule has 0 unspecified atom stereocenters. The molecule has 0 atom stereocenters. The molecular formula is C17H22F3N3O3S. The summed E-state index contributed by atoms with van der Waals surface area (Å²) in [5.74, 6) is -0.606. The summed E-state index contributed by atoms with van der Waals surface area (Å²) >= 11 is -0.414. The lowest BCUT2D eigenvalue weighted by molar-refractivity contribution is -0.0329. The van der Waals surface area contributed by atoms with Gasteiger partial charge in [-0.3, -0.25) is 4.79 Å². The zero-order chi connectivity index (χ0) is 20.2. The molecule has 27 heavy (non-hydrogen) atoms. The molecule has 2 amide bonds. The SMILES string of the molecule is CC(C)(C)OC(=O)N1CCC(NC(=O)c2cccnc2SC(F)(F)F)CC1. The predicted octanol–water partition coefficient (Wildman–Crippen LogP) is 3.82. The van der Waals surface area contributed by atoms with E-state index in [1.165, 1.54) is 18.3 Å². The fraction of sp³-hybridized carbons (Fsp3) is 0.588. The predicted molar refractivity (Wildman–Crippen MR) is 94.4 cm³/mol. The van der Waals surface area contributed by atoms with Crippen molar-refractivity contribution in [2.75, 3.05) is 13.1 Å². The van der Waals surface area contributed by atoms with Gasteiger partial charge in [0.25, 0.3) is 5.91 Å². The number of carbonyl (C=O) groups excluding carboxylic acids is 2. The average Bonchev–Trinajstić information content (AvgIpc) is 2.52. The fourth-order valence-corrected chi connectivity index (χ4v) is 3.15. The number of alkyl halides is 3. The fourth-order valence-electron chi connectivity index (χ4n) is 2.55. The van der Waals surface area contributed by atoms with Crippen molar-refractivity contribution in [2.24, 2.45) is 0 Å². The molecule has 1 aromatic rings. The monoisotopic (exact) mass is 405 g/mol. The molecule has 150 valence electrons. The summed E-state index contributed by atoms with van der Waals surface area (Å²) in [5, 5.41) is 2.35. The number of hydrogen-bond acceptors (Lipinski definition) is 5. The van der Waals surface area contributed by atoms with Gasteiger partial charge < -0.3 is 15.0 Å². The van der Waals surface area contributed by atoms with E-state index in [1.54, 1.807) is 25.7 Å². The van der Waals surface area contributed by atoms with E-state index >= 15 is 0 Å².